The summed E-state index contributed by atoms with van der Waals surface area (Å²) in [5.74, 6) is 7.90. The first-order valence-electron chi connectivity index (χ1n) is 7.31. The molecule has 0 amide bonds. The molecule has 0 fully saturated rings. The van der Waals surface area contributed by atoms with E-state index >= 15 is 0 Å². The Kier molecular flexibility index (Phi) is 5.37. The molecule has 0 spiro atoms. The van der Waals surface area contributed by atoms with Gasteiger partial charge in [0.1, 0.15) is 0 Å². The molecule has 8 heteroatoms. The summed E-state index contributed by atoms with van der Waals surface area (Å²) in [6.45, 7) is 0. The minimum absolute atomic E-state index is 0.133. The zero-order chi connectivity index (χ0) is 16.9. The second-order valence-corrected chi connectivity index (χ2v) is 7.01. The number of carbonyl (C=O) groups is 1. The fourth-order valence-corrected chi connectivity index (χ4v) is 3.19. The number of rotatable bonds is 7. The third kappa shape index (κ3) is 3.88. The zero-order valence-electron chi connectivity index (χ0n) is 12.7. The Balaban J connectivity index is 1.50. The van der Waals surface area contributed by atoms with Crippen molar-refractivity contribution in [2.45, 2.75) is 18.0 Å². The number of halogens is 1. The van der Waals surface area contributed by atoms with Crippen LogP contribution in [0.15, 0.2) is 56.7 Å². The lowest BCUT2D eigenvalue weighted by Crippen LogP contribution is -2.11. The van der Waals surface area contributed by atoms with E-state index in [-0.39, 0.29) is 5.78 Å². The molecule has 0 radical (unpaired) electrons. The molecule has 0 saturated carbocycles. The molecule has 0 aliphatic carbocycles. The van der Waals surface area contributed by atoms with Crippen molar-refractivity contribution < 1.29 is 9.21 Å². The predicted octanol–water partition coefficient (Wildman–Crippen LogP) is 3.77. The highest BCUT2D eigenvalue weighted by Crippen LogP contribution is 2.22. The molecule has 24 heavy (non-hydrogen) atoms. The summed E-state index contributed by atoms with van der Waals surface area (Å²) >= 11 is 4.83. The van der Waals surface area contributed by atoms with Crippen LogP contribution < -0.4 is 5.84 Å². The van der Waals surface area contributed by atoms with E-state index in [9.17, 15) is 4.79 Å². The van der Waals surface area contributed by atoms with Gasteiger partial charge in [-0.3, -0.25) is 4.79 Å². The van der Waals surface area contributed by atoms with Gasteiger partial charge >= 0.3 is 0 Å². The maximum absolute atomic E-state index is 12.1. The molecule has 2 N–H and O–H groups in total. The number of hydrogen-bond donors (Lipinski definition) is 1. The number of Topliss-reactive ketones (excluding diaryl/α,β-unsaturated/α-hetero) is 1. The van der Waals surface area contributed by atoms with E-state index in [0.29, 0.717) is 23.2 Å². The van der Waals surface area contributed by atoms with Gasteiger partial charge in [-0.15, -0.1) is 10.2 Å². The molecule has 2 aromatic heterocycles. The number of ketones is 1. The highest BCUT2D eigenvalue weighted by Gasteiger charge is 2.14. The number of carbonyl (C=O) groups excluding carboxylic acids is 1. The summed E-state index contributed by atoms with van der Waals surface area (Å²) < 4.78 is 7.63. The van der Waals surface area contributed by atoms with Crippen molar-refractivity contribution in [3.05, 3.63) is 52.7 Å². The van der Waals surface area contributed by atoms with Crippen molar-refractivity contribution in [3.63, 3.8) is 0 Å². The van der Waals surface area contributed by atoms with Crippen molar-refractivity contribution in [3.8, 4) is 11.6 Å². The lowest BCUT2D eigenvalue weighted by molar-refractivity contribution is 0.0982. The van der Waals surface area contributed by atoms with Crippen LogP contribution in [0.4, 0.5) is 0 Å². The van der Waals surface area contributed by atoms with Crippen LogP contribution in [0.3, 0.4) is 0 Å². The van der Waals surface area contributed by atoms with E-state index in [1.165, 1.54) is 16.4 Å². The lowest BCUT2D eigenvalue weighted by Gasteiger charge is -2.03. The maximum atomic E-state index is 12.1. The Hall–Kier alpha value is -2.06. The average Bonchev–Trinajstić information content (AvgIpc) is 3.22. The van der Waals surface area contributed by atoms with Gasteiger partial charge in [-0.2, -0.15) is 0 Å². The number of nitrogens with two attached hydrogens (primary N) is 1. The summed E-state index contributed by atoms with van der Waals surface area (Å²) in [6, 6.07) is 10.9. The molecule has 3 aromatic rings. The highest BCUT2D eigenvalue weighted by atomic mass is 79.9. The van der Waals surface area contributed by atoms with Gasteiger partial charge in [0.15, 0.2) is 11.5 Å². The van der Waals surface area contributed by atoms with Crippen LogP contribution in [0.25, 0.3) is 11.6 Å². The van der Waals surface area contributed by atoms with Gasteiger partial charge in [0, 0.05) is 22.2 Å². The molecular weight excluding hydrogens is 392 g/mol. The molecule has 0 saturated heterocycles. The summed E-state index contributed by atoms with van der Waals surface area (Å²) in [4.78, 5) is 12.1. The molecule has 0 aliphatic heterocycles. The minimum Gasteiger partial charge on any atom is -0.461 e. The number of aromatic nitrogens is 3. The molecule has 124 valence electrons. The molecule has 2 heterocycles. The second-order valence-electron chi connectivity index (χ2n) is 5.04. The number of hydrogen-bond acceptors (Lipinski definition) is 6. The maximum Gasteiger partial charge on any atom is 0.218 e. The third-order valence-corrected chi connectivity index (χ3v) is 4.91. The van der Waals surface area contributed by atoms with Gasteiger partial charge < -0.3 is 10.3 Å². The van der Waals surface area contributed by atoms with Crippen molar-refractivity contribution in [2.75, 3.05) is 11.6 Å². The van der Waals surface area contributed by atoms with Crippen LogP contribution in [-0.4, -0.2) is 26.4 Å². The molecule has 3 rings (SSSR count). The molecule has 0 atom stereocenters. The number of nitrogens with zero attached hydrogens (tertiary/aromatic N) is 3. The summed E-state index contributed by atoms with van der Waals surface area (Å²) in [5, 5.41) is 8.68. The largest absolute Gasteiger partial charge is 0.461 e. The van der Waals surface area contributed by atoms with Gasteiger partial charge in [-0.05, 0) is 30.7 Å². The molecule has 0 unspecified atom stereocenters. The first-order valence-corrected chi connectivity index (χ1v) is 9.09. The lowest BCUT2D eigenvalue weighted by atomic mass is 10.1. The van der Waals surface area contributed by atoms with Gasteiger partial charge in [-0.1, -0.05) is 39.8 Å². The van der Waals surface area contributed by atoms with Gasteiger partial charge in [0.05, 0.1) is 6.26 Å². The Morgan fingerprint density at radius 2 is 2.04 bits per heavy atom. The fraction of sp³-hybridized carbons (Fsp3) is 0.188. The quantitative estimate of drug-likeness (QED) is 0.278. The fourth-order valence-electron chi connectivity index (χ4n) is 2.13. The van der Waals surface area contributed by atoms with E-state index in [1.54, 1.807) is 18.4 Å². The SMILES string of the molecule is Nn1c(SCCCC(=O)c2ccc(Br)cc2)nnc1-c1ccco1. The number of furan rings is 1. The topological polar surface area (TPSA) is 86.9 Å². The van der Waals surface area contributed by atoms with Crippen LogP contribution in [0.1, 0.15) is 23.2 Å². The Labute approximate surface area is 151 Å². The monoisotopic (exact) mass is 406 g/mol. The Bertz CT molecular complexity index is 815. The van der Waals surface area contributed by atoms with Crippen molar-refractivity contribution in [2.24, 2.45) is 0 Å². The highest BCUT2D eigenvalue weighted by molar-refractivity contribution is 9.10. The minimum atomic E-state index is 0.133. The van der Waals surface area contributed by atoms with E-state index in [4.69, 9.17) is 10.3 Å². The van der Waals surface area contributed by atoms with Crippen LogP contribution >= 0.6 is 27.7 Å². The van der Waals surface area contributed by atoms with Crippen LogP contribution in [0, 0.1) is 0 Å². The van der Waals surface area contributed by atoms with Crippen LogP contribution in [0.2, 0.25) is 0 Å². The molecule has 0 aliphatic rings. The Morgan fingerprint density at radius 3 is 2.75 bits per heavy atom. The van der Waals surface area contributed by atoms with E-state index in [0.717, 1.165) is 22.2 Å². The second kappa shape index (κ2) is 7.67. The van der Waals surface area contributed by atoms with Crippen molar-refractivity contribution in [1.82, 2.24) is 14.9 Å². The number of nitrogen functional groups attached to an aromatic ring is 1. The first-order chi connectivity index (χ1) is 11.6. The summed E-state index contributed by atoms with van der Waals surface area (Å²) in [5.41, 5.74) is 0.727. The number of thioether (sulfide) groups is 1. The first kappa shape index (κ1) is 16.8. The van der Waals surface area contributed by atoms with Crippen molar-refractivity contribution in [1.29, 1.82) is 0 Å². The van der Waals surface area contributed by atoms with E-state index in [2.05, 4.69) is 26.1 Å². The van der Waals surface area contributed by atoms with Crippen molar-refractivity contribution >= 4 is 33.5 Å². The molecule has 1 aromatic carbocycles. The molecule has 6 nitrogen and oxygen atoms in total. The summed E-state index contributed by atoms with van der Waals surface area (Å²) in [6.07, 6.45) is 2.78. The zero-order valence-corrected chi connectivity index (χ0v) is 15.1. The smallest absolute Gasteiger partial charge is 0.218 e. The van der Waals surface area contributed by atoms with Crippen LogP contribution in [0.5, 0.6) is 0 Å². The van der Waals surface area contributed by atoms with Crippen LogP contribution in [-0.2, 0) is 0 Å². The predicted molar refractivity (Wildman–Crippen MR) is 96.3 cm³/mol. The third-order valence-electron chi connectivity index (χ3n) is 3.35. The molecule has 0 bridgehead atoms. The van der Waals surface area contributed by atoms with Gasteiger partial charge in [0.25, 0.3) is 0 Å². The summed E-state index contributed by atoms with van der Waals surface area (Å²) in [7, 11) is 0. The standard InChI is InChI=1S/C16H15BrN4O2S/c17-12-7-5-11(6-8-12)13(22)3-2-10-24-16-20-19-15(21(16)18)14-4-1-9-23-14/h1,4-9H,2-3,10,18H2. The average molecular weight is 407 g/mol. The number of benzene rings is 1. The van der Waals surface area contributed by atoms with Gasteiger partial charge in [-0.25, -0.2) is 4.68 Å². The molecular formula is C16H15BrN4O2S. The normalized spacial score (nSPS) is 10.9. The van der Waals surface area contributed by atoms with E-state index < -0.39 is 0 Å². The van der Waals surface area contributed by atoms with E-state index in [1.807, 2.05) is 24.3 Å². The Morgan fingerprint density at radius 1 is 1.25 bits per heavy atom. The van der Waals surface area contributed by atoms with Gasteiger partial charge in [0.2, 0.25) is 11.0 Å².